The molecule has 1 heterocycles. The fraction of sp³-hybridized carbons (Fsp3) is 0.278. The van der Waals surface area contributed by atoms with Gasteiger partial charge in [0.25, 0.3) is 0 Å². The molecule has 3 rings (SSSR count). The standard InChI is InChI=1S/C18H20FN3O/c19-15-6-8-16(9-7-15)21-10-12-22(13-11-21)17(18(20)23)14-4-2-1-3-5-14/h1-9,17H,10-13H2,(H2,20,23)/t17-/m0/s1. The number of nitrogens with two attached hydrogens (primary N) is 1. The number of carbonyl (C=O) groups excluding carboxylic acids is 1. The first-order valence-corrected chi connectivity index (χ1v) is 7.74. The van der Waals surface area contributed by atoms with Crippen LogP contribution >= 0.6 is 0 Å². The van der Waals surface area contributed by atoms with Crippen molar-refractivity contribution < 1.29 is 9.18 Å². The number of hydrogen-bond donors (Lipinski definition) is 1. The zero-order valence-corrected chi connectivity index (χ0v) is 12.9. The summed E-state index contributed by atoms with van der Waals surface area (Å²) >= 11 is 0. The highest BCUT2D eigenvalue weighted by atomic mass is 19.1. The summed E-state index contributed by atoms with van der Waals surface area (Å²) < 4.78 is 13.0. The van der Waals surface area contributed by atoms with Crippen LogP contribution in [0, 0.1) is 5.82 Å². The van der Waals surface area contributed by atoms with Crippen LogP contribution in [-0.2, 0) is 4.79 Å². The molecule has 4 nitrogen and oxygen atoms in total. The molecular weight excluding hydrogens is 293 g/mol. The van der Waals surface area contributed by atoms with E-state index in [1.807, 2.05) is 30.3 Å². The van der Waals surface area contributed by atoms with Gasteiger partial charge in [-0.3, -0.25) is 9.69 Å². The van der Waals surface area contributed by atoms with Crippen molar-refractivity contribution in [2.24, 2.45) is 5.73 Å². The maximum absolute atomic E-state index is 13.0. The normalized spacial score (nSPS) is 17.0. The zero-order valence-electron chi connectivity index (χ0n) is 12.9. The van der Waals surface area contributed by atoms with Gasteiger partial charge in [-0.05, 0) is 29.8 Å². The summed E-state index contributed by atoms with van der Waals surface area (Å²) in [7, 11) is 0. The van der Waals surface area contributed by atoms with Gasteiger partial charge in [-0.15, -0.1) is 0 Å². The molecule has 1 atom stereocenters. The van der Waals surface area contributed by atoms with E-state index in [1.54, 1.807) is 12.1 Å². The smallest absolute Gasteiger partial charge is 0.239 e. The number of rotatable bonds is 4. The minimum Gasteiger partial charge on any atom is -0.369 e. The molecule has 0 bridgehead atoms. The third-order valence-electron chi connectivity index (χ3n) is 4.26. The van der Waals surface area contributed by atoms with Crippen LogP contribution in [0.2, 0.25) is 0 Å². The molecule has 2 aromatic rings. The summed E-state index contributed by atoms with van der Waals surface area (Å²) in [6.45, 7) is 3.03. The van der Waals surface area contributed by atoms with E-state index >= 15 is 0 Å². The number of carbonyl (C=O) groups is 1. The van der Waals surface area contributed by atoms with E-state index in [2.05, 4.69) is 9.80 Å². The summed E-state index contributed by atoms with van der Waals surface area (Å²) in [6.07, 6.45) is 0. The number of anilines is 1. The molecule has 5 heteroatoms. The van der Waals surface area contributed by atoms with E-state index in [4.69, 9.17) is 5.73 Å². The number of piperazine rings is 1. The van der Waals surface area contributed by atoms with Gasteiger partial charge in [0.1, 0.15) is 11.9 Å². The number of benzene rings is 2. The molecule has 0 saturated carbocycles. The Labute approximate surface area is 135 Å². The minimum absolute atomic E-state index is 0.231. The molecule has 1 aliphatic heterocycles. The lowest BCUT2D eigenvalue weighted by molar-refractivity contribution is -0.123. The monoisotopic (exact) mass is 313 g/mol. The van der Waals surface area contributed by atoms with Gasteiger partial charge in [-0.2, -0.15) is 0 Å². The average Bonchev–Trinajstić information content (AvgIpc) is 2.57. The summed E-state index contributed by atoms with van der Waals surface area (Å²) in [5.41, 5.74) is 7.55. The van der Waals surface area contributed by atoms with Crippen LogP contribution in [0.5, 0.6) is 0 Å². The Kier molecular flexibility index (Phi) is 4.57. The third kappa shape index (κ3) is 3.51. The first-order valence-electron chi connectivity index (χ1n) is 7.74. The number of hydrogen-bond acceptors (Lipinski definition) is 3. The molecule has 2 N–H and O–H groups in total. The number of halogens is 1. The lowest BCUT2D eigenvalue weighted by Crippen LogP contribution is -2.50. The van der Waals surface area contributed by atoms with Gasteiger partial charge in [0.05, 0.1) is 0 Å². The van der Waals surface area contributed by atoms with Crippen molar-refractivity contribution in [3.8, 4) is 0 Å². The second-order valence-electron chi connectivity index (χ2n) is 5.72. The minimum atomic E-state index is -0.397. The van der Waals surface area contributed by atoms with Gasteiger partial charge < -0.3 is 10.6 Å². The van der Waals surface area contributed by atoms with Gasteiger partial charge >= 0.3 is 0 Å². The highest BCUT2D eigenvalue weighted by molar-refractivity contribution is 5.81. The Hall–Kier alpha value is -2.40. The van der Waals surface area contributed by atoms with Crippen molar-refractivity contribution in [1.29, 1.82) is 0 Å². The Bertz CT molecular complexity index is 652. The second-order valence-corrected chi connectivity index (χ2v) is 5.72. The molecule has 23 heavy (non-hydrogen) atoms. The molecule has 0 aliphatic carbocycles. The quantitative estimate of drug-likeness (QED) is 0.941. The Morgan fingerprint density at radius 1 is 0.957 bits per heavy atom. The van der Waals surface area contributed by atoms with Crippen molar-refractivity contribution in [2.75, 3.05) is 31.1 Å². The van der Waals surface area contributed by atoms with Crippen molar-refractivity contribution in [1.82, 2.24) is 4.90 Å². The molecule has 1 aliphatic rings. The summed E-state index contributed by atoms with van der Waals surface area (Å²) in [5, 5.41) is 0. The molecule has 0 aromatic heterocycles. The van der Waals surface area contributed by atoms with Gasteiger partial charge in [0.2, 0.25) is 5.91 Å². The highest BCUT2D eigenvalue weighted by Crippen LogP contribution is 2.24. The second kappa shape index (κ2) is 6.79. The van der Waals surface area contributed by atoms with E-state index in [1.165, 1.54) is 12.1 Å². The summed E-state index contributed by atoms with van der Waals surface area (Å²) in [6, 6.07) is 15.7. The lowest BCUT2D eigenvalue weighted by atomic mass is 10.0. The predicted octanol–water partition coefficient (Wildman–Crippen LogP) is 2.17. The Balaban J connectivity index is 1.69. The van der Waals surface area contributed by atoms with Crippen LogP contribution in [0.25, 0.3) is 0 Å². The van der Waals surface area contributed by atoms with Crippen molar-refractivity contribution in [3.05, 3.63) is 66.0 Å². The molecular formula is C18H20FN3O. The van der Waals surface area contributed by atoms with Crippen molar-refractivity contribution in [3.63, 3.8) is 0 Å². The molecule has 2 aromatic carbocycles. The summed E-state index contributed by atoms with van der Waals surface area (Å²) in [4.78, 5) is 16.2. The molecule has 1 amide bonds. The average molecular weight is 313 g/mol. The van der Waals surface area contributed by atoms with Gasteiger partial charge in [-0.25, -0.2) is 4.39 Å². The van der Waals surface area contributed by atoms with Crippen LogP contribution in [0.4, 0.5) is 10.1 Å². The molecule has 1 fully saturated rings. The Morgan fingerprint density at radius 2 is 1.57 bits per heavy atom. The van der Waals surface area contributed by atoms with Crippen LogP contribution in [-0.4, -0.2) is 37.0 Å². The van der Waals surface area contributed by atoms with E-state index in [9.17, 15) is 9.18 Å². The molecule has 120 valence electrons. The number of primary amides is 1. The first kappa shape index (κ1) is 15.5. The Morgan fingerprint density at radius 3 is 2.13 bits per heavy atom. The highest BCUT2D eigenvalue weighted by Gasteiger charge is 2.28. The van der Waals surface area contributed by atoms with Crippen LogP contribution in [0.3, 0.4) is 0 Å². The van der Waals surface area contributed by atoms with Gasteiger partial charge in [-0.1, -0.05) is 30.3 Å². The maximum atomic E-state index is 13.0. The fourth-order valence-corrected chi connectivity index (χ4v) is 3.08. The lowest BCUT2D eigenvalue weighted by Gasteiger charge is -2.39. The van der Waals surface area contributed by atoms with Gasteiger partial charge in [0, 0.05) is 31.9 Å². The van der Waals surface area contributed by atoms with E-state index in [0.717, 1.165) is 37.4 Å². The van der Waals surface area contributed by atoms with Crippen LogP contribution in [0.1, 0.15) is 11.6 Å². The van der Waals surface area contributed by atoms with Gasteiger partial charge in [0.15, 0.2) is 0 Å². The number of amides is 1. The van der Waals surface area contributed by atoms with Crippen LogP contribution < -0.4 is 10.6 Å². The van der Waals surface area contributed by atoms with E-state index in [-0.39, 0.29) is 11.7 Å². The first-order chi connectivity index (χ1) is 11.1. The molecule has 0 unspecified atom stereocenters. The molecule has 0 radical (unpaired) electrons. The third-order valence-corrected chi connectivity index (χ3v) is 4.26. The SMILES string of the molecule is NC(=O)[C@H](c1ccccc1)N1CCN(c2ccc(F)cc2)CC1. The maximum Gasteiger partial charge on any atom is 0.239 e. The predicted molar refractivity (Wildman–Crippen MR) is 88.6 cm³/mol. The largest absolute Gasteiger partial charge is 0.369 e. The van der Waals surface area contributed by atoms with E-state index < -0.39 is 6.04 Å². The number of nitrogens with zero attached hydrogens (tertiary/aromatic N) is 2. The van der Waals surface area contributed by atoms with Crippen molar-refractivity contribution >= 4 is 11.6 Å². The van der Waals surface area contributed by atoms with Crippen molar-refractivity contribution in [2.45, 2.75) is 6.04 Å². The zero-order chi connectivity index (χ0) is 16.2. The van der Waals surface area contributed by atoms with Crippen LogP contribution in [0.15, 0.2) is 54.6 Å². The van der Waals surface area contributed by atoms with E-state index in [0.29, 0.717) is 0 Å². The topological polar surface area (TPSA) is 49.6 Å². The fourth-order valence-electron chi connectivity index (χ4n) is 3.08. The molecule has 0 spiro atoms. The summed E-state index contributed by atoms with van der Waals surface area (Å²) in [5.74, 6) is -0.559. The molecule has 1 saturated heterocycles.